The molecule has 0 aliphatic carbocycles. The Hall–Kier alpha value is -2.31. The van der Waals surface area contributed by atoms with Crippen molar-refractivity contribution in [3.8, 4) is 11.5 Å². The van der Waals surface area contributed by atoms with Gasteiger partial charge in [-0.05, 0) is 29.7 Å². The van der Waals surface area contributed by atoms with Gasteiger partial charge in [0.1, 0.15) is 22.9 Å². The second-order valence-electron chi connectivity index (χ2n) is 6.92. The molecule has 2 aromatic rings. The van der Waals surface area contributed by atoms with E-state index in [1.807, 2.05) is 20.8 Å². The van der Waals surface area contributed by atoms with E-state index in [4.69, 9.17) is 27.2 Å². The number of aliphatic hydroxyl groups excluding tert-OH is 1. The van der Waals surface area contributed by atoms with Crippen LogP contribution in [-0.2, 0) is 5.41 Å². The van der Waals surface area contributed by atoms with Gasteiger partial charge < -0.3 is 20.7 Å². The van der Waals surface area contributed by atoms with Gasteiger partial charge in [0.15, 0.2) is 0 Å². The van der Waals surface area contributed by atoms with Gasteiger partial charge in [0.2, 0.25) is 0 Å². The summed E-state index contributed by atoms with van der Waals surface area (Å²) in [5, 5.41) is 28.3. The summed E-state index contributed by atoms with van der Waals surface area (Å²) in [7, 11) is 0. The van der Waals surface area contributed by atoms with E-state index in [-0.39, 0.29) is 23.5 Å². The number of nitrogen functional groups attached to an aromatic ring is 1. The maximum absolute atomic E-state index is 10.6. The number of rotatable bonds is 6. The standard InChI is InChI=1S/C19H24ClN3O3/c1-19(2,3)14-10-13(26-8-4-7-24)11-17(18(14)25)23-22-16-9-12(20)5-6-15(16)21/h5-6,9-11,24-25H,4,7-8,21H2,1-3H3. The third-order valence-corrected chi connectivity index (χ3v) is 3.94. The van der Waals surface area contributed by atoms with Gasteiger partial charge in [-0.2, -0.15) is 0 Å². The fourth-order valence-corrected chi connectivity index (χ4v) is 2.46. The maximum atomic E-state index is 10.6. The van der Waals surface area contributed by atoms with Crippen LogP contribution in [-0.4, -0.2) is 23.4 Å². The smallest absolute Gasteiger partial charge is 0.147 e. The molecule has 0 atom stereocenters. The summed E-state index contributed by atoms with van der Waals surface area (Å²) in [5.41, 5.74) is 7.37. The van der Waals surface area contributed by atoms with E-state index in [0.29, 0.717) is 40.7 Å². The zero-order valence-corrected chi connectivity index (χ0v) is 15.9. The lowest BCUT2D eigenvalue weighted by atomic mass is 9.86. The van der Waals surface area contributed by atoms with Gasteiger partial charge in [-0.1, -0.05) is 32.4 Å². The molecule has 4 N–H and O–H groups in total. The van der Waals surface area contributed by atoms with Crippen LogP contribution < -0.4 is 10.5 Å². The van der Waals surface area contributed by atoms with E-state index in [1.165, 1.54) is 0 Å². The lowest BCUT2D eigenvalue weighted by Crippen LogP contribution is -2.12. The number of phenolic OH excluding ortho intramolecular Hbond substituents is 1. The Balaban J connectivity index is 2.43. The predicted molar refractivity (Wildman–Crippen MR) is 104 cm³/mol. The summed E-state index contributed by atoms with van der Waals surface area (Å²) >= 11 is 5.96. The third-order valence-electron chi connectivity index (χ3n) is 3.70. The van der Waals surface area contributed by atoms with Crippen molar-refractivity contribution < 1.29 is 14.9 Å². The van der Waals surface area contributed by atoms with Crippen LogP contribution in [0.15, 0.2) is 40.6 Å². The normalized spacial score (nSPS) is 11.9. The van der Waals surface area contributed by atoms with E-state index < -0.39 is 0 Å². The Bertz CT molecular complexity index is 801. The number of aromatic hydroxyl groups is 1. The predicted octanol–water partition coefficient (Wildman–Crippen LogP) is 5.10. The second-order valence-corrected chi connectivity index (χ2v) is 7.35. The molecule has 2 aromatic carbocycles. The van der Waals surface area contributed by atoms with Crippen molar-refractivity contribution in [3.05, 3.63) is 40.9 Å². The highest BCUT2D eigenvalue weighted by atomic mass is 35.5. The van der Waals surface area contributed by atoms with Gasteiger partial charge in [-0.15, -0.1) is 10.2 Å². The number of hydrogen-bond acceptors (Lipinski definition) is 6. The monoisotopic (exact) mass is 377 g/mol. The van der Waals surface area contributed by atoms with Crippen molar-refractivity contribution in [3.63, 3.8) is 0 Å². The first-order chi connectivity index (χ1) is 12.2. The van der Waals surface area contributed by atoms with Crippen molar-refractivity contribution in [1.29, 1.82) is 0 Å². The van der Waals surface area contributed by atoms with Crippen LogP contribution in [0.25, 0.3) is 0 Å². The molecule has 0 heterocycles. The van der Waals surface area contributed by atoms with E-state index in [0.717, 1.165) is 0 Å². The van der Waals surface area contributed by atoms with E-state index in [1.54, 1.807) is 30.3 Å². The summed E-state index contributed by atoms with van der Waals surface area (Å²) in [6.07, 6.45) is 0.516. The Morgan fingerprint density at radius 1 is 1.12 bits per heavy atom. The van der Waals surface area contributed by atoms with Crippen LogP contribution in [0.1, 0.15) is 32.8 Å². The summed E-state index contributed by atoms with van der Waals surface area (Å²) in [6.45, 7) is 6.35. The van der Waals surface area contributed by atoms with Crippen LogP contribution in [0.3, 0.4) is 0 Å². The zero-order chi connectivity index (χ0) is 19.3. The van der Waals surface area contributed by atoms with Crippen molar-refractivity contribution in [1.82, 2.24) is 0 Å². The molecular formula is C19H24ClN3O3. The molecule has 26 heavy (non-hydrogen) atoms. The third kappa shape index (κ3) is 5.09. The average molecular weight is 378 g/mol. The minimum Gasteiger partial charge on any atom is -0.505 e. The lowest BCUT2D eigenvalue weighted by Gasteiger charge is -2.22. The molecule has 0 bridgehead atoms. The number of benzene rings is 2. The van der Waals surface area contributed by atoms with Gasteiger partial charge in [0, 0.05) is 29.7 Å². The molecule has 0 saturated heterocycles. The van der Waals surface area contributed by atoms with Crippen LogP contribution in [0.5, 0.6) is 11.5 Å². The number of ether oxygens (including phenoxy) is 1. The lowest BCUT2D eigenvalue weighted by molar-refractivity contribution is 0.233. The number of nitrogens with two attached hydrogens (primary N) is 1. The highest BCUT2D eigenvalue weighted by Crippen LogP contribution is 2.42. The Labute approximate surface area is 158 Å². The number of azo groups is 1. The molecule has 7 heteroatoms. The summed E-state index contributed by atoms with van der Waals surface area (Å²) < 4.78 is 5.65. The van der Waals surface area contributed by atoms with Crippen molar-refractivity contribution in [2.24, 2.45) is 10.2 Å². The van der Waals surface area contributed by atoms with Gasteiger partial charge >= 0.3 is 0 Å². The minimum absolute atomic E-state index is 0.0383. The first-order valence-electron chi connectivity index (χ1n) is 8.30. The van der Waals surface area contributed by atoms with E-state index in [2.05, 4.69) is 10.2 Å². The Morgan fingerprint density at radius 3 is 2.46 bits per heavy atom. The van der Waals surface area contributed by atoms with Crippen molar-refractivity contribution >= 4 is 28.7 Å². The highest BCUT2D eigenvalue weighted by Gasteiger charge is 2.22. The number of halogens is 1. The number of hydrogen-bond donors (Lipinski definition) is 3. The topological polar surface area (TPSA) is 100 Å². The van der Waals surface area contributed by atoms with E-state index >= 15 is 0 Å². The highest BCUT2D eigenvalue weighted by molar-refractivity contribution is 6.31. The summed E-state index contributed by atoms with van der Waals surface area (Å²) in [6, 6.07) is 8.29. The number of anilines is 1. The van der Waals surface area contributed by atoms with E-state index in [9.17, 15) is 5.11 Å². The molecule has 0 aliphatic heterocycles. The molecule has 0 radical (unpaired) electrons. The zero-order valence-electron chi connectivity index (χ0n) is 15.2. The minimum atomic E-state index is -0.320. The van der Waals surface area contributed by atoms with Gasteiger partial charge in [0.05, 0.1) is 12.3 Å². The molecular weight excluding hydrogens is 354 g/mol. The van der Waals surface area contributed by atoms with Crippen LogP contribution in [0.2, 0.25) is 5.02 Å². The molecule has 0 spiro atoms. The van der Waals surface area contributed by atoms with Crippen LogP contribution in [0, 0.1) is 0 Å². The fourth-order valence-electron chi connectivity index (χ4n) is 2.29. The molecule has 0 aliphatic rings. The molecule has 2 rings (SSSR count). The van der Waals surface area contributed by atoms with Crippen molar-refractivity contribution in [2.45, 2.75) is 32.6 Å². The molecule has 6 nitrogen and oxygen atoms in total. The molecule has 0 amide bonds. The molecule has 0 aromatic heterocycles. The van der Waals surface area contributed by atoms with Gasteiger partial charge in [-0.25, -0.2) is 0 Å². The van der Waals surface area contributed by atoms with Crippen LogP contribution in [0.4, 0.5) is 17.1 Å². The molecule has 0 saturated carbocycles. The number of nitrogens with zero attached hydrogens (tertiary/aromatic N) is 2. The molecule has 0 fully saturated rings. The average Bonchev–Trinajstić information content (AvgIpc) is 2.56. The molecule has 0 unspecified atom stereocenters. The Morgan fingerprint density at radius 2 is 1.81 bits per heavy atom. The largest absolute Gasteiger partial charge is 0.505 e. The summed E-state index contributed by atoms with van der Waals surface area (Å²) in [4.78, 5) is 0. The number of aliphatic hydroxyl groups is 1. The maximum Gasteiger partial charge on any atom is 0.147 e. The number of phenols is 1. The van der Waals surface area contributed by atoms with Gasteiger partial charge in [-0.3, -0.25) is 0 Å². The second kappa shape index (κ2) is 8.38. The SMILES string of the molecule is CC(C)(C)c1cc(OCCCO)cc(N=Nc2cc(Cl)ccc2N)c1O. The first-order valence-corrected chi connectivity index (χ1v) is 8.68. The molecule has 140 valence electrons. The van der Waals surface area contributed by atoms with Crippen LogP contribution >= 0.6 is 11.6 Å². The quantitative estimate of drug-likeness (QED) is 0.370. The first kappa shape index (κ1) is 20.0. The Kier molecular flexibility index (Phi) is 6.45. The fraction of sp³-hybridized carbons (Fsp3) is 0.368. The van der Waals surface area contributed by atoms with Gasteiger partial charge in [0.25, 0.3) is 0 Å². The van der Waals surface area contributed by atoms with Crippen molar-refractivity contribution in [2.75, 3.05) is 18.9 Å². The summed E-state index contributed by atoms with van der Waals surface area (Å²) in [5.74, 6) is 0.588.